The van der Waals surface area contributed by atoms with Gasteiger partial charge in [-0.05, 0) is 114 Å². The Morgan fingerprint density at radius 2 is 1.16 bits per heavy atom. The number of likely N-dealkylation sites (N-methyl/N-ethyl adjacent to an activating group) is 1. The number of nitrogens with one attached hydrogen (secondary N) is 8. The molecule has 7 aliphatic heterocycles. The van der Waals surface area contributed by atoms with Gasteiger partial charge in [0.1, 0.15) is 101 Å². The number of halogens is 2. The van der Waals surface area contributed by atoms with Crippen LogP contribution in [0, 0.1) is 0 Å². The number of unbranched alkanes of at least 4 members (excludes halogenated alkanes) is 7. The number of aliphatic carboxylic acids is 2. The molecular formula is C76H76Cl2N8O24. The van der Waals surface area contributed by atoms with Gasteiger partial charge in [-0.1, -0.05) is 105 Å². The van der Waals surface area contributed by atoms with Crippen molar-refractivity contribution in [2.75, 3.05) is 7.05 Å². The summed E-state index contributed by atoms with van der Waals surface area (Å²) in [4.78, 5) is 133. The third kappa shape index (κ3) is 16.7. The molecule has 7 amide bonds. The summed E-state index contributed by atoms with van der Waals surface area (Å²) in [6, 6.07) is 5.63. The smallest absolute Gasteiger partial charge is 0.335 e. The molecule has 17 bridgehead atoms. The number of carbonyl (C=O) groups excluding carboxylic acids is 7. The molecule has 0 unspecified atom stereocenters. The minimum absolute atomic E-state index is 0.116. The van der Waals surface area contributed by atoms with E-state index in [0.717, 1.165) is 111 Å². The molecule has 0 spiro atoms. The SMILES string of the molecule is CCCCCCCCCCC(=O)N[C@H]1[C@H](Oc2c3cc4cc2Oc2ccc(cc2Cl)[C@@H](O)[C@@H]2NC(=O)[C@H](NC(=O)[C@@H]4NC(=O)[C@H]4NC(=O)[C@@H](Cc5ccc(cc5)O3)NC(=O)[C@@H](NC)c3ccc(O)c(c3)Oc3cc(O)c(Cl)c4c3)c3ccc(O)c(c3)-c3c(O)cc(O)cc3[C@H](C(=O)O)NC2=O)O[C@H](C(=O)O)[C@@H](O)[C@@H]1O. The van der Waals surface area contributed by atoms with Gasteiger partial charge in [0.15, 0.2) is 35.1 Å². The van der Waals surface area contributed by atoms with Crippen molar-refractivity contribution in [2.45, 2.75) is 150 Å². The van der Waals surface area contributed by atoms with E-state index >= 15 is 19.2 Å². The predicted octanol–water partition coefficient (Wildman–Crippen LogP) is 6.47. The lowest BCUT2D eigenvalue weighted by Gasteiger charge is -2.41. The molecule has 7 aromatic carbocycles. The first kappa shape index (κ1) is 77.9. The Bertz CT molecular complexity index is 4800. The Morgan fingerprint density at radius 1 is 0.536 bits per heavy atom. The van der Waals surface area contributed by atoms with E-state index in [2.05, 4.69) is 49.5 Å². The maximum absolute atomic E-state index is 16.4. The van der Waals surface area contributed by atoms with Crippen molar-refractivity contribution in [3.05, 3.63) is 164 Å². The van der Waals surface area contributed by atoms with Crippen LogP contribution in [0.15, 0.2) is 115 Å². The number of carbonyl (C=O) groups is 9. The number of benzene rings is 7. The summed E-state index contributed by atoms with van der Waals surface area (Å²) in [7, 11) is 1.43. The molecule has 1 fully saturated rings. The topological polar surface area (TPSA) is 498 Å². The summed E-state index contributed by atoms with van der Waals surface area (Å²) in [6.07, 6.45) is -4.71. The largest absolute Gasteiger partial charge is 0.508 e. The quantitative estimate of drug-likeness (QED) is 0.0489. The van der Waals surface area contributed by atoms with Gasteiger partial charge in [0, 0.05) is 47.2 Å². The van der Waals surface area contributed by atoms with Crippen molar-refractivity contribution >= 4 is 76.5 Å². The van der Waals surface area contributed by atoms with E-state index in [-0.39, 0.29) is 46.8 Å². The van der Waals surface area contributed by atoms with Crippen LogP contribution < -0.4 is 61.5 Å². The second kappa shape index (κ2) is 33.1. The highest BCUT2D eigenvalue weighted by Gasteiger charge is 2.51. The molecule has 34 heteroatoms. The lowest BCUT2D eigenvalue weighted by molar-refractivity contribution is -0.241. The number of phenols is 5. The van der Waals surface area contributed by atoms with E-state index in [1.807, 2.05) is 0 Å². The Morgan fingerprint density at radius 3 is 1.85 bits per heavy atom. The maximum atomic E-state index is 16.4. The number of phenolic OH excluding ortho intramolecular Hbond substituents is 5. The molecule has 0 radical (unpaired) electrons. The second-order valence-corrected chi connectivity index (χ2v) is 27.8. The summed E-state index contributed by atoms with van der Waals surface area (Å²) < 4.78 is 32.1. The van der Waals surface area contributed by atoms with Crippen LogP contribution in [0.2, 0.25) is 10.0 Å². The number of aliphatic hydroxyl groups excluding tert-OH is 3. The summed E-state index contributed by atoms with van der Waals surface area (Å²) in [6.45, 7) is 2.10. The number of aromatic hydroxyl groups is 5. The van der Waals surface area contributed by atoms with Gasteiger partial charge in [0.2, 0.25) is 53.4 Å². The molecule has 7 aromatic rings. The average molecular weight is 1560 g/mol. The molecule has 0 aliphatic carbocycles. The number of carboxylic acid groups (broad SMARTS) is 2. The van der Waals surface area contributed by atoms with Crippen LogP contribution in [0.25, 0.3) is 11.1 Å². The molecule has 32 nitrogen and oxygen atoms in total. The van der Waals surface area contributed by atoms with Crippen LogP contribution in [0.5, 0.6) is 69.0 Å². The Kier molecular flexibility index (Phi) is 23.4. The normalized spacial score (nSPS) is 23.8. The number of amides is 7. The van der Waals surface area contributed by atoms with E-state index in [1.54, 1.807) is 0 Å². The van der Waals surface area contributed by atoms with Gasteiger partial charge < -0.3 is 117 Å². The number of hydrogen-bond acceptors (Lipinski definition) is 23. The van der Waals surface area contributed by atoms with E-state index in [1.165, 1.54) is 49.5 Å². The van der Waals surface area contributed by atoms with Crippen LogP contribution in [-0.2, 0) is 54.3 Å². The van der Waals surface area contributed by atoms with Crippen molar-refractivity contribution in [3.63, 3.8) is 0 Å². The zero-order chi connectivity index (χ0) is 78.7. The second-order valence-electron chi connectivity index (χ2n) is 27.0. The Labute approximate surface area is 635 Å². The molecular weight excluding hydrogens is 1480 g/mol. The fourth-order valence-corrected chi connectivity index (χ4v) is 14.1. The van der Waals surface area contributed by atoms with Crippen LogP contribution in [0.1, 0.15) is 140 Å². The van der Waals surface area contributed by atoms with E-state index in [0.29, 0.717) is 18.4 Å². The van der Waals surface area contributed by atoms with Gasteiger partial charge >= 0.3 is 11.9 Å². The first-order valence-corrected chi connectivity index (χ1v) is 35.8. The van der Waals surface area contributed by atoms with Crippen molar-refractivity contribution in [2.24, 2.45) is 0 Å². The molecule has 18 N–H and O–H groups in total. The molecule has 0 saturated carbocycles. The zero-order valence-electron chi connectivity index (χ0n) is 58.5. The van der Waals surface area contributed by atoms with Crippen molar-refractivity contribution in [3.8, 4) is 80.1 Å². The fourth-order valence-electron chi connectivity index (χ4n) is 13.7. The minimum atomic E-state index is -2.38. The highest BCUT2D eigenvalue weighted by molar-refractivity contribution is 6.33. The first-order valence-electron chi connectivity index (χ1n) is 35.0. The molecule has 110 heavy (non-hydrogen) atoms. The number of hydrogen-bond donors (Lipinski definition) is 18. The third-order valence-corrected chi connectivity index (χ3v) is 20.1. The summed E-state index contributed by atoms with van der Waals surface area (Å²) in [5, 5.41) is 134. The molecule has 0 aromatic heterocycles. The summed E-state index contributed by atoms with van der Waals surface area (Å²) >= 11 is 14.1. The number of ether oxygens (including phenoxy) is 5. The molecule has 1 saturated heterocycles. The van der Waals surface area contributed by atoms with Crippen molar-refractivity contribution < 1.29 is 118 Å². The average Bonchev–Trinajstić information content (AvgIpc) is 0.780. The molecule has 7 aliphatic rings. The number of fused-ring (bicyclic) bond motifs is 14. The Hall–Kier alpha value is -11.7. The summed E-state index contributed by atoms with van der Waals surface area (Å²) in [5.41, 5.74) is -2.67. The van der Waals surface area contributed by atoms with Crippen molar-refractivity contribution in [1.82, 2.24) is 42.5 Å². The molecule has 7 heterocycles. The number of rotatable bonds is 15. The van der Waals surface area contributed by atoms with Gasteiger partial charge in [-0.25, -0.2) is 9.59 Å². The van der Waals surface area contributed by atoms with Gasteiger partial charge in [-0.15, -0.1) is 0 Å². The summed E-state index contributed by atoms with van der Waals surface area (Å²) in [5.74, 6) is -18.6. The van der Waals surface area contributed by atoms with E-state index in [4.69, 9.17) is 46.9 Å². The van der Waals surface area contributed by atoms with Gasteiger partial charge in [-0.3, -0.25) is 33.6 Å². The van der Waals surface area contributed by atoms with Crippen LogP contribution in [0.3, 0.4) is 0 Å². The highest BCUT2D eigenvalue weighted by atomic mass is 35.5. The predicted molar refractivity (Wildman–Crippen MR) is 386 cm³/mol. The maximum Gasteiger partial charge on any atom is 0.335 e. The van der Waals surface area contributed by atoms with Gasteiger partial charge in [0.25, 0.3) is 0 Å². The monoisotopic (exact) mass is 1550 g/mol. The highest BCUT2D eigenvalue weighted by Crippen LogP contribution is 2.50. The molecule has 578 valence electrons. The van der Waals surface area contributed by atoms with Gasteiger partial charge in [0.05, 0.1) is 10.0 Å². The van der Waals surface area contributed by atoms with Crippen molar-refractivity contribution in [1.29, 1.82) is 0 Å². The van der Waals surface area contributed by atoms with Crippen LogP contribution >= 0.6 is 23.2 Å². The standard InChI is InChI=1S/C76H76Cl2N8O24/c1-3-4-5-6-7-8-9-10-11-53(92)81-62-64(94)65(95)67(75(104)105)110-76(62)109-66-51-26-36-27-52(66)108-49-21-16-35(24-43(49)77)63(93)61-73(101)85-60(74(102)103)41-28-37(87)29-47(90)54(41)40-23-33(14-19-45(40)88)57(70(98)86-61)82-71(99)58(36)83-72(100)59-42-30-39(31-48(91)55(42)78)107-50-25-34(15-20-46(50)89)56(79-2)69(97)80-44(68(96)84-59)22-32-12-17-38(106-51)18-13-32/h12-21,23-31,44,56-65,67,76,79,87-91,93-95H,3-11,22H2,1-2H3,(H,80,97)(H,81,92)(H,82,99)(H,83,100)(H,84,96)(H,85,101)(H,86,98)(H,102,103)(H,104,105)/t44-,56+,57-,58-,59+,60-,61+,62-,63-,64-,65+,67+,76-/m1/s1. The molecule has 13 atom stereocenters. The van der Waals surface area contributed by atoms with E-state index in [9.17, 15) is 75.0 Å². The Balaban J connectivity index is 1.09. The van der Waals surface area contributed by atoms with Crippen LogP contribution in [0.4, 0.5) is 0 Å². The third-order valence-electron chi connectivity index (χ3n) is 19.4. The van der Waals surface area contributed by atoms with E-state index < -0.39 is 222 Å². The van der Waals surface area contributed by atoms with Crippen LogP contribution in [-0.4, -0.2) is 154 Å². The number of carboxylic acids is 2. The fraction of sp³-hybridized carbons (Fsp3) is 0.329. The number of aliphatic hydroxyl groups is 3. The minimum Gasteiger partial charge on any atom is -0.508 e. The lowest BCUT2D eigenvalue weighted by Crippen LogP contribution is -2.66. The van der Waals surface area contributed by atoms with Gasteiger partial charge in [-0.2, -0.15) is 0 Å². The first-order chi connectivity index (χ1) is 52.6. The zero-order valence-corrected chi connectivity index (χ0v) is 60.0. The molecule has 14 rings (SSSR count). The lowest BCUT2D eigenvalue weighted by atomic mass is 9.89.